The first-order valence-electron chi connectivity index (χ1n) is 13.2. The molecule has 1 aromatic heterocycles. The molecule has 2 heterocycles. The lowest BCUT2D eigenvalue weighted by atomic mass is 9.93. The Labute approximate surface area is 241 Å². The standard InChI is InChI=1S/C32H30N2O6S/c1-5-39-29-22(15-11-17-24(29)38-4)19-25-30(35)34-28(21-14-10-16-23(18-21)37-3)26(31(36)40-6-2)27(33-32(34)41-25)20-12-8-7-9-13-20/h7-19,28H,5-6H2,1-4H3/b25-19-. The van der Waals surface area contributed by atoms with Gasteiger partial charge >= 0.3 is 5.97 Å². The van der Waals surface area contributed by atoms with Gasteiger partial charge < -0.3 is 18.9 Å². The Balaban J connectivity index is 1.83. The van der Waals surface area contributed by atoms with Crippen LogP contribution in [0.2, 0.25) is 0 Å². The van der Waals surface area contributed by atoms with Crippen molar-refractivity contribution in [2.24, 2.45) is 4.99 Å². The summed E-state index contributed by atoms with van der Waals surface area (Å²) in [5, 5.41) is 0. The van der Waals surface area contributed by atoms with E-state index in [1.807, 2.05) is 79.7 Å². The van der Waals surface area contributed by atoms with Crippen molar-refractivity contribution in [1.29, 1.82) is 0 Å². The van der Waals surface area contributed by atoms with Crippen molar-refractivity contribution < 1.29 is 23.7 Å². The lowest BCUT2D eigenvalue weighted by molar-refractivity contribution is -0.138. The van der Waals surface area contributed by atoms with Crippen LogP contribution in [0.1, 0.15) is 36.6 Å². The Morgan fingerprint density at radius 3 is 2.46 bits per heavy atom. The van der Waals surface area contributed by atoms with E-state index in [-0.39, 0.29) is 17.7 Å². The molecule has 0 fully saturated rings. The van der Waals surface area contributed by atoms with Gasteiger partial charge in [0.2, 0.25) is 0 Å². The van der Waals surface area contributed by atoms with E-state index in [0.717, 1.165) is 5.56 Å². The summed E-state index contributed by atoms with van der Waals surface area (Å²) in [5.74, 6) is 1.18. The summed E-state index contributed by atoms with van der Waals surface area (Å²) in [7, 11) is 3.15. The fourth-order valence-corrected chi connectivity index (χ4v) is 5.81. The third-order valence-corrected chi connectivity index (χ3v) is 7.57. The van der Waals surface area contributed by atoms with Crippen molar-refractivity contribution in [3.05, 3.63) is 115 Å². The summed E-state index contributed by atoms with van der Waals surface area (Å²) >= 11 is 1.25. The zero-order valence-electron chi connectivity index (χ0n) is 23.2. The minimum Gasteiger partial charge on any atom is -0.497 e. The number of rotatable bonds is 9. The molecule has 0 bridgehead atoms. The number of carbonyl (C=O) groups excluding carboxylic acids is 1. The average Bonchev–Trinajstić information content (AvgIpc) is 3.31. The fraction of sp³-hybridized carbons (Fsp3) is 0.219. The fourth-order valence-electron chi connectivity index (χ4n) is 4.81. The van der Waals surface area contributed by atoms with Gasteiger partial charge in [-0.3, -0.25) is 9.36 Å². The molecule has 1 aliphatic heterocycles. The molecular weight excluding hydrogens is 540 g/mol. The molecule has 4 aromatic rings. The van der Waals surface area contributed by atoms with Gasteiger partial charge in [-0.1, -0.05) is 65.9 Å². The molecule has 0 spiro atoms. The molecular formula is C32H30N2O6S. The van der Waals surface area contributed by atoms with E-state index < -0.39 is 12.0 Å². The van der Waals surface area contributed by atoms with E-state index in [9.17, 15) is 9.59 Å². The zero-order chi connectivity index (χ0) is 28.9. The summed E-state index contributed by atoms with van der Waals surface area (Å²) in [6, 6.07) is 21.5. The van der Waals surface area contributed by atoms with Crippen molar-refractivity contribution in [2.45, 2.75) is 19.9 Å². The van der Waals surface area contributed by atoms with Crippen LogP contribution in [-0.4, -0.2) is 38.0 Å². The number of hydrogen-bond donors (Lipinski definition) is 0. The largest absolute Gasteiger partial charge is 0.497 e. The Morgan fingerprint density at radius 1 is 0.976 bits per heavy atom. The first-order chi connectivity index (χ1) is 20.0. The summed E-state index contributed by atoms with van der Waals surface area (Å²) < 4.78 is 24.4. The molecule has 9 heteroatoms. The second-order valence-corrected chi connectivity index (χ2v) is 10.0. The number of ether oxygens (including phenoxy) is 4. The van der Waals surface area contributed by atoms with E-state index in [2.05, 4.69) is 0 Å². The number of carbonyl (C=O) groups is 1. The quantitative estimate of drug-likeness (QED) is 0.278. The lowest BCUT2D eigenvalue weighted by Crippen LogP contribution is -2.40. The van der Waals surface area contributed by atoms with Crippen LogP contribution in [-0.2, 0) is 9.53 Å². The predicted octanol–water partition coefficient (Wildman–Crippen LogP) is 4.35. The molecule has 0 saturated carbocycles. The highest BCUT2D eigenvalue weighted by Crippen LogP contribution is 2.36. The lowest BCUT2D eigenvalue weighted by Gasteiger charge is -2.26. The number of benzene rings is 3. The molecule has 0 radical (unpaired) electrons. The van der Waals surface area contributed by atoms with Gasteiger partial charge in [-0.25, -0.2) is 9.79 Å². The van der Waals surface area contributed by atoms with Crippen LogP contribution < -0.4 is 29.1 Å². The molecule has 210 valence electrons. The average molecular weight is 571 g/mol. The second-order valence-electron chi connectivity index (χ2n) is 9.02. The van der Waals surface area contributed by atoms with Gasteiger partial charge in [0.05, 0.1) is 49.3 Å². The molecule has 3 aromatic carbocycles. The van der Waals surface area contributed by atoms with Crippen LogP contribution >= 0.6 is 11.3 Å². The third-order valence-electron chi connectivity index (χ3n) is 6.59. The van der Waals surface area contributed by atoms with Crippen molar-refractivity contribution in [3.63, 3.8) is 0 Å². The highest BCUT2D eigenvalue weighted by Gasteiger charge is 2.35. The van der Waals surface area contributed by atoms with E-state index in [0.29, 0.717) is 50.0 Å². The van der Waals surface area contributed by atoms with Crippen LogP contribution in [0.25, 0.3) is 11.8 Å². The third kappa shape index (κ3) is 5.40. The minimum absolute atomic E-state index is 0.176. The smallest absolute Gasteiger partial charge is 0.338 e. The number of para-hydroxylation sites is 1. The second kappa shape index (κ2) is 12.3. The van der Waals surface area contributed by atoms with Crippen LogP contribution in [0.4, 0.5) is 0 Å². The molecule has 0 saturated heterocycles. The Kier molecular flexibility index (Phi) is 8.35. The van der Waals surface area contributed by atoms with E-state index >= 15 is 0 Å². The molecule has 8 nitrogen and oxygen atoms in total. The molecule has 41 heavy (non-hydrogen) atoms. The maximum atomic E-state index is 14.2. The SMILES string of the molecule is CCOC(=O)C1=C(c2ccccc2)N=c2s/c(=C\c3cccc(OC)c3OCC)c(=O)n2C1c1cccc(OC)c1. The number of fused-ring (bicyclic) bond motifs is 1. The molecule has 0 amide bonds. The predicted molar refractivity (Wildman–Crippen MR) is 158 cm³/mol. The van der Waals surface area contributed by atoms with Gasteiger partial charge in [0.25, 0.3) is 5.56 Å². The van der Waals surface area contributed by atoms with Crippen LogP contribution in [0, 0.1) is 0 Å². The number of hydrogen-bond acceptors (Lipinski definition) is 8. The molecule has 5 rings (SSSR count). The van der Waals surface area contributed by atoms with E-state index in [4.69, 9.17) is 23.9 Å². The Bertz CT molecular complexity index is 1790. The Morgan fingerprint density at radius 2 is 1.76 bits per heavy atom. The van der Waals surface area contributed by atoms with Crippen LogP contribution in [0.3, 0.4) is 0 Å². The highest BCUT2D eigenvalue weighted by atomic mass is 32.1. The first kappa shape index (κ1) is 27.9. The van der Waals surface area contributed by atoms with Crippen LogP contribution in [0.5, 0.6) is 17.2 Å². The summed E-state index contributed by atoms with van der Waals surface area (Å²) in [6.07, 6.45) is 1.77. The van der Waals surface area contributed by atoms with Gasteiger partial charge in [-0.15, -0.1) is 0 Å². The van der Waals surface area contributed by atoms with Gasteiger partial charge in [-0.2, -0.15) is 0 Å². The van der Waals surface area contributed by atoms with E-state index in [1.54, 1.807) is 31.8 Å². The van der Waals surface area contributed by atoms with Crippen molar-refractivity contribution in [3.8, 4) is 17.2 Å². The molecule has 1 aliphatic rings. The summed E-state index contributed by atoms with van der Waals surface area (Å²) in [4.78, 5) is 33.1. The minimum atomic E-state index is -0.797. The number of esters is 1. The Hall–Kier alpha value is -4.63. The normalized spacial score (nSPS) is 14.7. The summed E-state index contributed by atoms with van der Waals surface area (Å²) in [6.45, 7) is 4.25. The number of aromatic nitrogens is 1. The zero-order valence-corrected chi connectivity index (χ0v) is 24.1. The van der Waals surface area contributed by atoms with Crippen molar-refractivity contribution >= 4 is 29.1 Å². The molecule has 0 aliphatic carbocycles. The maximum absolute atomic E-state index is 14.2. The topological polar surface area (TPSA) is 88.4 Å². The maximum Gasteiger partial charge on any atom is 0.338 e. The molecule has 0 N–H and O–H groups in total. The molecule has 1 unspecified atom stereocenters. The first-order valence-corrected chi connectivity index (χ1v) is 14.0. The van der Waals surface area contributed by atoms with Crippen molar-refractivity contribution in [2.75, 3.05) is 27.4 Å². The highest BCUT2D eigenvalue weighted by molar-refractivity contribution is 7.07. The van der Waals surface area contributed by atoms with Gasteiger partial charge in [0.15, 0.2) is 16.3 Å². The van der Waals surface area contributed by atoms with Gasteiger partial charge in [0.1, 0.15) is 5.75 Å². The van der Waals surface area contributed by atoms with Crippen molar-refractivity contribution in [1.82, 2.24) is 4.57 Å². The van der Waals surface area contributed by atoms with Gasteiger partial charge in [-0.05, 0) is 43.7 Å². The van der Waals surface area contributed by atoms with E-state index in [1.165, 1.54) is 11.3 Å². The molecule has 1 atom stereocenters. The number of thiazole rings is 1. The van der Waals surface area contributed by atoms with Crippen LogP contribution in [0.15, 0.2) is 88.2 Å². The monoisotopic (exact) mass is 570 g/mol. The number of nitrogens with zero attached hydrogens (tertiary/aromatic N) is 2. The summed E-state index contributed by atoms with van der Waals surface area (Å²) in [5.41, 5.74) is 2.58. The number of methoxy groups -OCH3 is 2. The van der Waals surface area contributed by atoms with Gasteiger partial charge in [0, 0.05) is 11.1 Å².